The summed E-state index contributed by atoms with van der Waals surface area (Å²) < 4.78 is 0. The number of piperidine rings is 2. The van der Waals surface area contributed by atoms with Crippen LogP contribution in [-0.4, -0.2) is 62.7 Å². The van der Waals surface area contributed by atoms with Crippen LogP contribution < -0.4 is 5.32 Å². The maximum absolute atomic E-state index is 3.58. The molecule has 3 heteroatoms. The van der Waals surface area contributed by atoms with Gasteiger partial charge in [0.05, 0.1) is 0 Å². The number of nitrogens with zero attached hydrogens (tertiary/aromatic N) is 2. The van der Waals surface area contributed by atoms with Crippen LogP contribution >= 0.6 is 0 Å². The molecule has 2 heterocycles. The molecule has 3 nitrogen and oxygen atoms in total. The normalized spacial score (nSPS) is 33.2. The maximum Gasteiger partial charge on any atom is 0.0261 e. The van der Waals surface area contributed by atoms with Crippen molar-refractivity contribution >= 4 is 0 Å². The lowest BCUT2D eigenvalue weighted by atomic mass is 9.89. The van der Waals surface area contributed by atoms with Crippen molar-refractivity contribution in [2.24, 2.45) is 5.92 Å². The van der Waals surface area contributed by atoms with Gasteiger partial charge in [0.1, 0.15) is 0 Å². The number of rotatable bonds is 3. The van der Waals surface area contributed by atoms with Gasteiger partial charge in [0.15, 0.2) is 0 Å². The van der Waals surface area contributed by atoms with E-state index in [1.807, 2.05) is 0 Å². The maximum atomic E-state index is 3.58. The van der Waals surface area contributed by atoms with Crippen LogP contribution in [0.2, 0.25) is 0 Å². The second-order valence-electron chi connectivity index (χ2n) is 5.68. The smallest absolute Gasteiger partial charge is 0.0261 e. The number of nitrogens with one attached hydrogen (secondary N) is 1. The van der Waals surface area contributed by atoms with Crippen molar-refractivity contribution < 1.29 is 0 Å². The van der Waals surface area contributed by atoms with Crippen molar-refractivity contribution in [1.82, 2.24) is 15.1 Å². The molecule has 2 unspecified atom stereocenters. The highest BCUT2D eigenvalue weighted by Crippen LogP contribution is 2.22. The van der Waals surface area contributed by atoms with Gasteiger partial charge >= 0.3 is 0 Å². The molecule has 0 aromatic heterocycles. The zero-order valence-electron chi connectivity index (χ0n) is 10.9. The van der Waals surface area contributed by atoms with E-state index in [0.29, 0.717) is 0 Å². The molecule has 2 atom stereocenters. The van der Waals surface area contributed by atoms with E-state index in [2.05, 4.69) is 29.2 Å². The lowest BCUT2D eigenvalue weighted by Crippen LogP contribution is -2.54. The van der Waals surface area contributed by atoms with Crippen LogP contribution in [0.4, 0.5) is 0 Å². The van der Waals surface area contributed by atoms with Crippen LogP contribution in [0.25, 0.3) is 0 Å². The van der Waals surface area contributed by atoms with Crippen LogP contribution in [0.5, 0.6) is 0 Å². The highest BCUT2D eigenvalue weighted by Gasteiger charge is 2.30. The first-order valence-electron chi connectivity index (χ1n) is 6.87. The molecule has 0 aromatic rings. The third-order valence-electron chi connectivity index (χ3n) is 4.05. The molecule has 2 aliphatic rings. The van der Waals surface area contributed by atoms with Gasteiger partial charge in [-0.25, -0.2) is 0 Å². The van der Waals surface area contributed by atoms with Crippen LogP contribution in [0.15, 0.2) is 0 Å². The van der Waals surface area contributed by atoms with Crippen molar-refractivity contribution in [3.8, 4) is 0 Å². The second-order valence-corrected chi connectivity index (χ2v) is 5.68. The Hall–Kier alpha value is -0.120. The van der Waals surface area contributed by atoms with Gasteiger partial charge in [-0.15, -0.1) is 0 Å². The van der Waals surface area contributed by atoms with E-state index in [-0.39, 0.29) is 0 Å². The Morgan fingerprint density at radius 2 is 1.94 bits per heavy atom. The number of hydrogen-bond donors (Lipinski definition) is 1. The average Bonchev–Trinajstić information content (AvgIpc) is 2.30. The molecule has 0 aliphatic carbocycles. The second kappa shape index (κ2) is 5.99. The van der Waals surface area contributed by atoms with Gasteiger partial charge in [-0.2, -0.15) is 0 Å². The summed E-state index contributed by atoms with van der Waals surface area (Å²) in [6.07, 6.45) is 5.60. The van der Waals surface area contributed by atoms with Gasteiger partial charge in [0.2, 0.25) is 0 Å². The minimum absolute atomic E-state index is 0.788. The van der Waals surface area contributed by atoms with Crippen LogP contribution in [0.3, 0.4) is 0 Å². The molecule has 0 aromatic carbocycles. The van der Waals surface area contributed by atoms with Gasteiger partial charge < -0.3 is 10.2 Å². The van der Waals surface area contributed by atoms with Crippen molar-refractivity contribution in [3.63, 3.8) is 0 Å². The van der Waals surface area contributed by atoms with Gasteiger partial charge in [-0.3, -0.25) is 4.90 Å². The minimum Gasteiger partial charge on any atom is -0.315 e. The Balaban J connectivity index is 1.92. The van der Waals surface area contributed by atoms with Crippen molar-refractivity contribution in [3.05, 3.63) is 0 Å². The van der Waals surface area contributed by atoms with E-state index in [1.54, 1.807) is 0 Å². The molecule has 0 saturated carbocycles. The summed E-state index contributed by atoms with van der Waals surface area (Å²) in [5.41, 5.74) is 0. The fourth-order valence-electron chi connectivity index (χ4n) is 3.26. The fourth-order valence-corrected chi connectivity index (χ4v) is 3.26. The molecule has 2 saturated heterocycles. The quantitative estimate of drug-likeness (QED) is 0.773. The molecule has 0 amide bonds. The van der Waals surface area contributed by atoms with E-state index in [0.717, 1.165) is 12.0 Å². The van der Waals surface area contributed by atoms with Crippen LogP contribution in [0, 0.1) is 5.92 Å². The van der Waals surface area contributed by atoms with Crippen molar-refractivity contribution in [1.29, 1.82) is 0 Å². The SMILES string of the molecule is CN(C)CC1CCNCC1N1CCCCC1. The lowest BCUT2D eigenvalue weighted by molar-refractivity contribution is 0.0808. The lowest BCUT2D eigenvalue weighted by Gasteiger charge is -2.43. The molecular weight excluding hydrogens is 198 g/mol. The molecule has 16 heavy (non-hydrogen) atoms. The average molecular weight is 225 g/mol. The Labute approximate surface area is 100 Å². The molecule has 1 N–H and O–H groups in total. The fraction of sp³-hybridized carbons (Fsp3) is 1.00. The zero-order chi connectivity index (χ0) is 11.4. The largest absolute Gasteiger partial charge is 0.315 e. The first kappa shape index (κ1) is 12.3. The molecule has 0 spiro atoms. The minimum atomic E-state index is 0.788. The summed E-state index contributed by atoms with van der Waals surface area (Å²) in [5.74, 6) is 0.870. The van der Waals surface area contributed by atoms with E-state index in [9.17, 15) is 0 Å². The van der Waals surface area contributed by atoms with Crippen molar-refractivity contribution in [2.75, 3.05) is 46.8 Å². The first-order valence-corrected chi connectivity index (χ1v) is 6.87. The summed E-state index contributed by atoms with van der Waals surface area (Å²) in [5, 5.41) is 3.58. The topological polar surface area (TPSA) is 18.5 Å². The van der Waals surface area contributed by atoms with Crippen LogP contribution in [-0.2, 0) is 0 Å². The Kier molecular flexibility index (Phi) is 4.62. The summed E-state index contributed by atoms with van der Waals surface area (Å²) in [6.45, 7) is 6.33. The number of likely N-dealkylation sites (tertiary alicyclic amines) is 1. The molecule has 94 valence electrons. The van der Waals surface area contributed by atoms with Gasteiger partial charge in [-0.1, -0.05) is 6.42 Å². The predicted molar refractivity (Wildman–Crippen MR) is 68.7 cm³/mol. The number of hydrogen-bond acceptors (Lipinski definition) is 3. The van der Waals surface area contributed by atoms with Crippen LogP contribution in [0.1, 0.15) is 25.7 Å². The van der Waals surface area contributed by atoms with Crippen molar-refractivity contribution in [2.45, 2.75) is 31.7 Å². The van der Waals surface area contributed by atoms with Gasteiger partial charge in [0, 0.05) is 19.1 Å². The van der Waals surface area contributed by atoms with E-state index in [1.165, 1.54) is 58.4 Å². The highest BCUT2D eigenvalue weighted by atomic mass is 15.2. The summed E-state index contributed by atoms with van der Waals surface area (Å²) in [6, 6.07) is 0.788. The third kappa shape index (κ3) is 3.19. The summed E-state index contributed by atoms with van der Waals surface area (Å²) in [7, 11) is 4.41. The molecule has 2 aliphatic heterocycles. The summed E-state index contributed by atoms with van der Waals surface area (Å²) in [4.78, 5) is 5.09. The van der Waals surface area contributed by atoms with E-state index >= 15 is 0 Å². The van der Waals surface area contributed by atoms with Gasteiger partial charge in [0.25, 0.3) is 0 Å². The van der Waals surface area contributed by atoms with E-state index in [4.69, 9.17) is 0 Å². The van der Waals surface area contributed by atoms with E-state index < -0.39 is 0 Å². The zero-order valence-corrected chi connectivity index (χ0v) is 10.9. The molecule has 2 rings (SSSR count). The third-order valence-corrected chi connectivity index (χ3v) is 4.05. The molecule has 2 fully saturated rings. The summed E-state index contributed by atoms with van der Waals surface area (Å²) >= 11 is 0. The Morgan fingerprint density at radius 3 is 2.62 bits per heavy atom. The highest BCUT2D eigenvalue weighted by molar-refractivity contribution is 4.88. The Morgan fingerprint density at radius 1 is 1.19 bits per heavy atom. The Bertz CT molecular complexity index is 199. The standard InChI is InChI=1S/C13H27N3/c1-15(2)11-12-6-7-14-10-13(12)16-8-4-3-5-9-16/h12-14H,3-11H2,1-2H3. The van der Waals surface area contributed by atoms with Gasteiger partial charge in [-0.05, 0) is 58.9 Å². The molecule has 0 radical (unpaired) electrons. The monoisotopic (exact) mass is 225 g/mol. The predicted octanol–water partition coefficient (Wildman–Crippen LogP) is 1.01. The first-order chi connectivity index (χ1) is 7.77. The molecule has 0 bridgehead atoms. The molecular formula is C13H27N3.